The third-order valence-corrected chi connectivity index (χ3v) is 1.92. The van der Waals surface area contributed by atoms with Gasteiger partial charge in [0.2, 0.25) is 0 Å². The lowest BCUT2D eigenvalue weighted by Crippen LogP contribution is -1.82. The van der Waals surface area contributed by atoms with Crippen LogP contribution in [0.1, 0.15) is 0 Å². The summed E-state index contributed by atoms with van der Waals surface area (Å²) in [5.41, 5.74) is 1.30. The van der Waals surface area contributed by atoms with Crippen molar-refractivity contribution in [1.29, 1.82) is 0 Å². The Morgan fingerprint density at radius 2 is 1.80 bits per heavy atom. The first-order valence-corrected chi connectivity index (χ1v) is 4.21. The quantitative estimate of drug-likeness (QED) is 0.781. The summed E-state index contributed by atoms with van der Waals surface area (Å²) in [4.78, 5) is 4.10. The predicted molar refractivity (Wildman–Crippen MR) is 60.3 cm³/mol. The highest BCUT2D eigenvalue weighted by atomic mass is 35.5. The number of phenols is 2. The van der Waals surface area contributed by atoms with Crippen LogP contribution in [0.25, 0.3) is 11.3 Å². The number of halogens is 1. The number of phenolic OH excluding ortho intramolecular Hbond substituents is 2. The maximum absolute atomic E-state index is 9.54. The average Bonchev–Trinajstić information content (AvgIpc) is 2.19. The highest BCUT2D eigenvalue weighted by molar-refractivity contribution is 5.85. The summed E-state index contributed by atoms with van der Waals surface area (Å²) in [7, 11) is 0. The Bertz CT molecular complexity index is 446. The minimum atomic E-state index is 0. The maximum Gasteiger partial charge on any atom is 0.128 e. The molecule has 78 valence electrons. The minimum absolute atomic E-state index is 0. The van der Waals surface area contributed by atoms with E-state index in [1.54, 1.807) is 24.4 Å². The van der Waals surface area contributed by atoms with Crippen LogP contribution in [0.3, 0.4) is 0 Å². The van der Waals surface area contributed by atoms with E-state index < -0.39 is 0 Å². The standard InChI is InChI=1S/C11H9NO2.ClH/c13-8-4-5-9(11(14)7-8)10-3-1-2-6-12-10;/h1-7,13-14H;1H. The van der Waals surface area contributed by atoms with Crippen molar-refractivity contribution in [2.45, 2.75) is 0 Å². The molecule has 1 aromatic carbocycles. The fourth-order valence-electron chi connectivity index (χ4n) is 1.26. The number of hydrogen-bond donors (Lipinski definition) is 2. The zero-order valence-electron chi connectivity index (χ0n) is 7.79. The molecule has 2 rings (SSSR count). The van der Waals surface area contributed by atoms with Gasteiger partial charge in [-0.3, -0.25) is 4.98 Å². The van der Waals surface area contributed by atoms with Crippen LogP contribution in [0.15, 0.2) is 42.6 Å². The fraction of sp³-hybridized carbons (Fsp3) is 0. The molecule has 0 saturated carbocycles. The lowest BCUT2D eigenvalue weighted by molar-refractivity contribution is 0.452. The molecule has 0 aliphatic rings. The summed E-state index contributed by atoms with van der Waals surface area (Å²) in [5, 5.41) is 18.6. The number of aromatic nitrogens is 1. The lowest BCUT2D eigenvalue weighted by Gasteiger charge is -2.03. The number of rotatable bonds is 1. The normalized spacial score (nSPS) is 9.33. The number of hydrogen-bond acceptors (Lipinski definition) is 3. The second kappa shape index (κ2) is 4.66. The molecule has 0 unspecified atom stereocenters. The number of nitrogens with zero attached hydrogens (tertiary/aromatic N) is 1. The van der Waals surface area contributed by atoms with Crippen molar-refractivity contribution in [1.82, 2.24) is 4.98 Å². The van der Waals surface area contributed by atoms with Crippen molar-refractivity contribution in [2.24, 2.45) is 0 Å². The van der Waals surface area contributed by atoms with Gasteiger partial charge in [0.1, 0.15) is 11.5 Å². The fourth-order valence-corrected chi connectivity index (χ4v) is 1.26. The van der Waals surface area contributed by atoms with E-state index in [1.807, 2.05) is 6.07 Å². The molecule has 3 nitrogen and oxygen atoms in total. The van der Waals surface area contributed by atoms with Crippen molar-refractivity contribution in [2.75, 3.05) is 0 Å². The molecule has 0 aliphatic carbocycles. The first-order chi connectivity index (χ1) is 6.77. The molecule has 15 heavy (non-hydrogen) atoms. The maximum atomic E-state index is 9.54. The van der Waals surface area contributed by atoms with Crippen LogP contribution in [0.4, 0.5) is 0 Å². The van der Waals surface area contributed by atoms with E-state index in [0.717, 1.165) is 0 Å². The zero-order chi connectivity index (χ0) is 9.97. The Morgan fingerprint density at radius 3 is 2.40 bits per heavy atom. The molecule has 0 fully saturated rings. The van der Waals surface area contributed by atoms with Crippen molar-refractivity contribution < 1.29 is 10.2 Å². The van der Waals surface area contributed by atoms with Gasteiger partial charge in [0, 0.05) is 17.8 Å². The molecule has 4 heteroatoms. The van der Waals surface area contributed by atoms with Gasteiger partial charge < -0.3 is 10.2 Å². The van der Waals surface area contributed by atoms with Gasteiger partial charge in [0.05, 0.1) is 5.69 Å². The molecule has 0 saturated heterocycles. The van der Waals surface area contributed by atoms with E-state index in [1.165, 1.54) is 12.1 Å². The highest BCUT2D eigenvalue weighted by Crippen LogP contribution is 2.30. The predicted octanol–water partition coefficient (Wildman–Crippen LogP) is 2.58. The minimum Gasteiger partial charge on any atom is -0.508 e. The van der Waals surface area contributed by atoms with Gasteiger partial charge in [-0.2, -0.15) is 0 Å². The molecule has 1 heterocycles. The topological polar surface area (TPSA) is 53.4 Å². The van der Waals surface area contributed by atoms with Crippen molar-refractivity contribution in [3.8, 4) is 22.8 Å². The Labute approximate surface area is 93.4 Å². The number of benzene rings is 1. The van der Waals surface area contributed by atoms with Crippen molar-refractivity contribution >= 4 is 12.4 Å². The first kappa shape index (κ1) is 11.3. The summed E-state index contributed by atoms with van der Waals surface area (Å²) in [6.45, 7) is 0. The molecule has 1 aromatic heterocycles. The third kappa shape index (κ3) is 2.39. The summed E-state index contributed by atoms with van der Waals surface area (Å²) in [6, 6.07) is 9.89. The Kier molecular flexibility index (Phi) is 3.52. The average molecular weight is 224 g/mol. The molecule has 0 spiro atoms. The van der Waals surface area contributed by atoms with Crippen LogP contribution in [-0.4, -0.2) is 15.2 Å². The monoisotopic (exact) mass is 223 g/mol. The summed E-state index contributed by atoms with van der Waals surface area (Å²) >= 11 is 0. The van der Waals surface area contributed by atoms with E-state index in [0.29, 0.717) is 11.3 Å². The third-order valence-electron chi connectivity index (χ3n) is 1.92. The smallest absolute Gasteiger partial charge is 0.128 e. The highest BCUT2D eigenvalue weighted by Gasteiger charge is 2.04. The van der Waals surface area contributed by atoms with Crippen molar-refractivity contribution in [3.05, 3.63) is 42.6 Å². The zero-order valence-corrected chi connectivity index (χ0v) is 8.61. The molecule has 0 atom stereocenters. The Balaban J connectivity index is 0.00000112. The van der Waals surface area contributed by atoms with Gasteiger partial charge in [-0.25, -0.2) is 0 Å². The van der Waals surface area contributed by atoms with E-state index in [4.69, 9.17) is 5.11 Å². The second-order valence-corrected chi connectivity index (χ2v) is 2.92. The number of aromatic hydroxyl groups is 2. The van der Waals surface area contributed by atoms with Gasteiger partial charge in [0.15, 0.2) is 0 Å². The molecule has 0 aliphatic heterocycles. The molecule has 2 N–H and O–H groups in total. The van der Waals surface area contributed by atoms with Crippen molar-refractivity contribution in [3.63, 3.8) is 0 Å². The van der Waals surface area contributed by atoms with Crippen LogP contribution >= 0.6 is 12.4 Å². The van der Waals surface area contributed by atoms with Crippen LogP contribution in [0.2, 0.25) is 0 Å². The SMILES string of the molecule is Cl.Oc1ccc(-c2ccccn2)c(O)c1. The lowest BCUT2D eigenvalue weighted by atomic mass is 10.1. The van der Waals surface area contributed by atoms with Crippen LogP contribution < -0.4 is 0 Å². The summed E-state index contributed by atoms with van der Waals surface area (Å²) in [6.07, 6.45) is 1.65. The van der Waals surface area contributed by atoms with Gasteiger partial charge in [-0.05, 0) is 24.3 Å². The van der Waals surface area contributed by atoms with E-state index >= 15 is 0 Å². The van der Waals surface area contributed by atoms with Gasteiger partial charge in [0.25, 0.3) is 0 Å². The Morgan fingerprint density at radius 1 is 1.00 bits per heavy atom. The van der Waals surface area contributed by atoms with Gasteiger partial charge in [-0.15, -0.1) is 12.4 Å². The first-order valence-electron chi connectivity index (χ1n) is 4.21. The molecule has 2 aromatic rings. The number of pyridine rings is 1. The summed E-state index contributed by atoms with van der Waals surface area (Å²) < 4.78 is 0. The van der Waals surface area contributed by atoms with E-state index in [9.17, 15) is 5.11 Å². The second-order valence-electron chi connectivity index (χ2n) is 2.92. The molecular formula is C11H10ClNO2. The molecule has 0 radical (unpaired) electrons. The molecule has 0 bridgehead atoms. The molecular weight excluding hydrogens is 214 g/mol. The van der Waals surface area contributed by atoms with Crippen LogP contribution in [0, 0.1) is 0 Å². The van der Waals surface area contributed by atoms with Gasteiger partial charge >= 0.3 is 0 Å². The Hall–Kier alpha value is -1.74. The largest absolute Gasteiger partial charge is 0.508 e. The van der Waals surface area contributed by atoms with Crippen LogP contribution in [-0.2, 0) is 0 Å². The van der Waals surface area contributed by atoms with E-state index in [2.05, 4.69) is 4.98 Å². The van der Waals surface area contributed by atoms with E-state index in [-0.39, 0.29) is 23.9 Å². The molecule has 0 amide bonds. The summed E-state index contributed by atoms with van der Waals surface area (Å²) in [5.74, 6) is 0.0749. The van der Waals surface area contributed by atoms with Crippen LogP contribution in [0.5, 0.6) is 11.5 Å². The van der Waals surface area contributed by atoms with Gasteiger partial charge in [-0.1, -0.05) is 6.07 Å².